The quantitative estimate of drug-likeness (QED) is 0.345. The van der Waals surface area contributed by atoms with Gasteiger partial charge in [0.15, 0.2) is 9.77 Å². The molecule has 8 heteroatoms. The van der Waals surface area contributed by atoms with E-state index in [0.717, 1.165) is 37.6 Å². The Bertz CT molecular complexity index is 1290. The molecule has 2 N–H and O–H groups in total. The van der Waals surface area contributed by atoms with Crippen LogP contribution in [-0.2, 0) is 5.75 Å². The van der Waals surface area contributed by atoms with E-state index in [0.29, 0.717) is 16.4 Å². The molecule has 2 aromatic carbocycles. The molecule has 1 amide bonds. The third kappa shape index (κ3) is 4.44. The molecule has 2 heterocycles. The number of hydrogen-bond donors (Lipinski definition) is 2. The van der Waals surface area contributed by atoms with Crippen molar-refractivity contribution in [1.29, 1.82) is 0 Å². The van der Waals surface area contributed by atoms with Gasteiger partial charge in [-0.15, -0.1) is 10.2 Å². The fourth-order valence-corrected chi connectivity index (χ4v) is 4.90. The molecule has 152 valence electrons. The van der Waals surface area contributed by atoms with E-state index in [1.807, 2.05) is 45.0 Å². The highest BCUT2D eigenvalue weighted by atomic mass is 32.2. The molecular formula is C22H20N4O2S2. The number of nitrogens with zero attached hydrogens (tertiary/aromatic N) is 2. The predicted octanol–water partition coefficient (Wildman–Crippen LogP) is 4.85. The van der Waals surface area contributed by atoms with Gasteiger partial charge in [-0.05, 0) is 50.1 Å². The molecule has 0 unspecified atom stereocenters. The number of pyridine rings is 1. The van der Waals surface area contributed by atoms with Crippen molar-refractivity contribution in [3.05, 3.63) is 80.6 Å². The number of rotatable bonds is 5. The van der Waals surface area contributed by atoms with Gasteiger partial charge in [-0.25, -0.2) is 0 Å². The topological polar surface area (TPSA) is 87.7 Å². The van der Waals surface area contributed by atoms with Crippen LogP contribution in [0.5, 0.6) is 0 Å². The highest BCUT2D eigenvalue weighted by Gasteiger charge is 2.12. The van der Waals surface area contributed by atoms with Crippen LogP contribution in [0.2, 0.25) is 0 Å². The fraction of sp³-hybridized carbons (Fsp3) is 0.182. The van der Waals surface area contributed by atoms with Gasteiger partial charge < -0.3 is 4.98 Å². The highest BCUT2D eigenvalue weighted by Crippen LogP contribution is 2.28. The van der Waals surface area contributed by atoms with Crippen molar-refractivity contribution in [3.63, 3.8) is 0 Å². The lowest BCUT2D eigenvalue weighted by Crippen LogP contribution is -2.11. The Morgan fingerprint density at radius 3 is 2.60 bits per heavy atom. The van der Waals surface area contributed by atoms with Crippen LogP contribution in [0.4, 0.5) is 5.13 Å². The molecule has 0 fully saturated rings. The average Bonchev–Trinajstić information content (AvgIpc) is 3.13. The number of fused-ring (bicyclic) bond motifs is 1. The zero-order valence-corrected chi connectivity index (χ0v) is 18.4. The van der Waals surface area contributed by atoms with Crippen LogP contribution in [0.25, 0.3) is 10.9 Å². The molecule has 0 saturated heterocycles. The van der Waals surface area contributed by atoms with Gasteiger partial charge >= 0.3 is 0 Å². The molecule has 4 aromatic rings. The lowest BCUT2D eigenvalue weighted by Gasteiger charge is -2.07. The SMILES string of the molecule is Cc1ccc(C(=O)Nc2nnc(SCc3cc(=O)c4c(C)cc(C)cc4[nH]3)s2)cc1. The van der Waals surface area contributed by atoms with Gasteiger partial charge in [-0.3, -0.25) is 14.9 Å². The van der Waals surface area contributed by atoms with Gasteiger partial charge in [0.05, 0.1) is 5.52 Å². The second kappa shape index (κ2) is 8.41. The Morgan fingerprint density at radius 2 is 1.83 bits per heavy atom. The third-order valence-electron chi connectivity index (χ3n) is 4.62. The van der Waals surface area contributed by atoms with Gasteiger partial charge in [0.1, 0.15) is 0 Å². The zero-order valence-electron chi connectivity index (χ0n) is 16.8. The summed E-state index contributed by atoms with van der Waals surface area (Å²) >= 11 is 2.78. The first-order chi connectivity index (χ1) is 14.4. The van der Waals surface area contributed by atoms with E-state index in [2.05, 4.69) is 20.5 Å². The Hall–Kier alpha value is -2.97. The van der Waals surface area contributed by atoms with Crippen molar-refractivity contribution in [2.75, 3.05) is 5.32 Å². The van der Waals surface area contributed by atoms with Crippen molar-refractivity contribution in [2.45, 2.75) is 30.9 Å². The summed E-state index contributed by atoms with van der Waals surface area (Å²) in [5, 5.41) is 12.1. The molecule has 4 rings (SSSR count). The van der Waals surface area contributed by atoms with Gasteiger partial charge in [0, 0.05) is 28.5 Å². The smallest absolute Gasteiger partial charge is 0.257 e. The summed E-state index contributed by atoms with van der Waals surface area (Å²) in [6.07, 6.45) is 0. The predicted molar refractivity (Wildman–Crippen MR) is 123 cm³/mol. The molecule has 0 aliphatic carbocycles. The molecule has 0 saturated carbocycles. The summed E-state index contributed by atoms with van der Waals surface area (Å²) in [5.74, 6) is 0.339. The standard InChI is InChI=1S/C22H20N4O2S2/c1-12-4-6-15(7-5-12)20(28)24-21-25-26-22(30-21)29-11-16-10-18(27)19-14(3)8-13(2)9-17(19)23-16/h4-10H,11H2,1-3H3,(H,23,27)(H,24,25,28). The van der Waals surface area contributed by atoms with Gasteiger partial charge in [-0.2, -0.15) is 0 Å². The Balaban J connectivity index is 1.45. The normalized spacial score (nSPS) is 11.0. The number of thioether (sulfide) groups is 1. The zero-order chi connectivity index (χ0) is 21.3. The van der Waals surface area contributed by atoms with E-state index < -0.39 is 0 Å². The maximum absolute atomic E-state index is 12.5. The summed E-state index contributed by atoms with van der Waals surface area (Å²) in [6.45, 7) is 5.94. The maximum atomic E-state index is 12.5. The Morgan fingerprint density at radius 1 is 1.07 bits per heavy atom. The van der Waals surface area contributed by atoms with Crippen LogP contribution < -0.4 is 10.7 Å². The van der Waals surface area contributed by atoms with Crippen molar-refractivity contribution in [1.82, 2.24) is 15.2 Å². The monoisotopic (exact) mass is 436 g/mol. The molecule has 0 radical (unpaired) electrons. The van der Waals surface area contributed by atoms with Crippen LogP contribution in [0.1, 0.15) is 32.7 Å². The number of carbonyl (C=O) groups excluding carboxylic acids is 1. The number of aromatic nitrogens is 3. The maximum Gasteiger partial charge on any atom is 0.257 e. The fourth-order valence-electron chi connectivity index (χ4n) is 3.24. The largest absolute Gasteiger partial charge is 0.357 e. The number of H-pyrrole nitrogens is 1. The first-order valence-electron chi connectivity index (χ1n) is 9.36. The van der Waals surface area contributed by atoms with Crippen LogP contribution >= 0.6 is 23.1 Å². The van der Waals surface area contributed by atoms with Crippen LogP contribution in [0.15, 0.2) is 51.6 Å². The molecule has 0 aliphatic heterocycles. The van der Waals surface area contributed by atoms with Crippen LogP contribution in [0, 0.1) is 20.8 Å². The number of anilines is 1. The van der Waals surface area contributed by atoms with Gasteiger partial charge in [-0.1, -0.05) is 46.9 Å². The van der Waals surface area contributed by atoms with Crippen molar-refractivity contribution in [2.24, 2.45) is 0 Å². The molecule has 0 atom stereocenters. The summed E-state index contributed by atoms with van der Waals surface area (Å²) in [5.41, 5.74) is 5.44. The summed E-state index contributed by atoms with van der Waals surface area (Å²) in [6, 6.07) is 13.0. The minimum Gasteiger partial charge on any atom is -0.357 e. The van der Waals surface area contributed by atoms with Crippen molar-refractivity contribution < 1.29 is 4.79 Å². The first kappa shape index (κ1) is 20.3. The molecule has 30 heavy (non-hydrogen) atoms. The molecular weight excluding hydrogens is 416 g/mol. The second-order valence-corrected chi connectivity index (χ2v) is 9.35. The number of amides is 1. The molecule has 0 aliphatic rings. The summed E-state index contributed by atoms with van der Waals surface area (Å²) in [4.78, 5) is 28.2. The minimum atomic E-state index is -0.215. The van der Waals surface area contributed by atoms with E-state index in [9.17, 15) is 9.59 Å². The number of aromatic amines is 1. The molecule has 0 bridgehead atoms. The number of nitrogens with one attached hydrogen (secondary N) is 2. The molecule has 0 spiro atoms. The highest BCUT2D eigenvalue weighted by molar-refractivity contribution is 8.00. The van der Waals surface area contributed by atoms with Crippen LogP contribution in [0.3, 0.4) is 0 Å². The van der Waals surface area contributed by atoms with Crippen LogP contribution in [-0.4, -0.2) is 21.1 Å². The van der Waals surface area contributed by atoms with E-state index in [4.69, 9.17) is 0 Å². The lowest BCUT2D eigenvalue weighted by molar-refractivity contribution is 0.102. The lowest BCUT2D eigenvalue weighted by atomic mass is 10.1. The van der Waals surface area contributed by atoms with E-state index in [-0.39, 0.29) is 11.3 Å². The minimum absolute atomic E-state index is 0.0140. The summed E-state index contributed by atoms with van der Waals surface area (Å²) in [7, 11) is 0. The van der Waals surface area contributed by atoms with Crippen molar-refractivity contribution >= 4 is 45.0 Å². The number of hydrogen-bond acceptors (Lipinski definition) is 6. The Kier molecular flexibility index (Phi) is 5.69. The number of aryl methyl sites for hydroxylation is 3. The third-order valence-corrected chi connectivity index (χ3v) is 6.64. The van der Waals surface area contributed by atoms with E-state index >= 15 is 0 Å². The number of benzene rings is 2. The van der Waals surface area contributed by atoms with Gasteiger partial charge in [0.25, 0.3) is 5.91 Å². The molecule has 6 nitrogen and oxygen atoms in total. The van der Waals surface area contributed by atoms with Crippen molar-refractivity contribution in [3.8, 4) is 0 Å². The van der Waals surface area contributed by atoms with E-state index in [1.54, 1.807) is 18.2 Å². The average molecular weight is 437 g/mol. The number of carbonyl (C=O) groups is 1. The molecule has 2 aromatic heterocycles. The first-order valence-corrected chi connectivity index (χ1v) is 11.2. The van der Waals surface area contributed by atoms with Gasteiger partial charge in [0.2, 0.25) is 5.13 Å². The second-order valence-electron chi connectivity index (χ2n) is 7.15. The summed E-state index contributed by atoms with van der Waals surface area (Å²) < 4.78 is 0.718. The van der Waals surface area contributed by atoms with E-state index in [1.165, 1.54) is 23.1 Å². The Labute approximate surface area is 181 Å².